The lowest BCUT2D eigenvalue weighted by atomic mass is 10.1. The van der Waals surface area contributed by atoms with Crippen LogP contribution in [0.15, 0.2) is 65.1 Å². The van der Waals surface area contributed by atoms with E-state index in [4.69, 9.17) is 0 Å². The Bertz CT molecular complexity index is 1000. The van der Waals surface area contributed by atoms with E-state index in [1.165, 1.54) is 11.3 Å². The number of rotatable bonds is 3. The van der Waals surface area contributed by atoms with Crippen molar-refractivity contribution in [1.82, 2.24) is 4.57 Å². The Morgan fingerprint density at radius 2 is 1.92 bits per heavy atom. The summed E-state index contributed by atoms with van der Waals surface area (Å²) in [7, 11) is 1.83. The van der Waals surface area contributed by atoms with Crippen LogP contribution in [0.5, 0.6) is 0 Å². The highest BCUT2D eigenvalue weighted by atomic mass is 32.1. The smallest absolute Gasteiger partial charge is 0.281 e. The lowest BCUT2D eigenvalue weighted by molar-refractivity contribution is 0.0998. The molecular weight excluding hydrogens is 334 g/mol. The van der Waals surface area contributed by atoms with Gasteiger partial charge >= 0.3 is 0 Å². The van der Waals surface area contributed by atoms with Gasteiger partial charge < -0.3 is 9.88 Å². The molecule has 5 nitrogen and oxygen atoms in total. The average Bonchev–Trinajstić information content (AvgIpc) is 3.00. The van der Waals surface area contributed by atoms with Gasteiger partial charge in [-0.1, -0.05) is 29.8 Å². The predicted octanol–water partition coefficient (Wildman–Crippen LogP) is 3.39. The van der Waals surface area contributed by atoms with Crippen molar-refractivity contribution in [3.05, 3.63) is 81.6 Å². The fourth-order valence-electron chi connectivity index (χ4n) is 2.34. The summed E-state index contributed by atoms with van der Waals surface area (Å²) in [6.07, 6.45) is 1.84. The lowest BCUT2D eigenvalue weighted by Crippen LogP contribution is -2.16. The van der Waals surface area contributed by atoms with Gasteiger partial charge in [-0.25, -0.2) is 0 Å². The molecule has 0 fully saturated rings. The van der Waals surface area contributed by atoms with Crippen molar-refractivity contribution in [1.29, 1.82) is 0 Å². The topological polar surface area (TPSA) is 63.5 Å². The Labute approximate surface area is 149 Å². The molecule has 0 radical (unpaired) electrons. The van der Waals surface area contributed by atoms with Gasteiger partial charge in [-0.2, -0.15) is 4.99 Å². The molecule has 0 aliphatic rings. The van der Waals surface area contributed by atoms with Gasteiger partial charge in [0.2, 0.25) is 0 Å². The molecule has 25 heavy (non-hydrogen) atoms. The molecule has 1 N–H and O–H groups in total. The van der Waals surface area contributed by atoms with E-state index in [2.05, 4.69) is 10.3 Å². The standard InChI is InChI=1S/C19H17N3O2S/c1-13-6-5-7-14(12-13)17(23)20-16-9-4-3-8-15(16)18(24)21-19-22(2)10-11-25-19/h3-12H,1-2H3,(H,20,23). The molecule has 0 spiro atoms. The zero-order chi connectivity index (χ0) is 17.8. The van der Waals surface area contributed by atoms with Crippen LogP contribution in [-0.4, -0.2) is 16.4 Å². The Kier molecular flexibility index (Phi) is 4.90. The summed E-state index contributed by atoms with van der Waals surface area (Å²) in [5.41, 5.74) is 2.35. The number of para-hydroxylation sites is 1. The average molecular weight is 351 g/mol. The number of amides is 2. The maximum Gasteiger partial charge on any atom is 0.281 e. The second-order valence-corrected chi connectivity index (χ2v) is 6.46. The monoisotopic (exact) mass is 351 g/mol. The number of carbonyl (C=O) groups is 2. The molecule has 0 saturated carbocycles. The number of benzene rings is 2. The molecule has 2 aromatic carbocycles. The number of anilines is 1. The largest absolute Gasteiger partial charge is 0.327 e. The van der Waals surface area contributed by atoms with Crippen molar-refractivity contribution >= 4 is 28.8 Å². The SMILES string of the molecule is Cc1cccc(C(=O)Nc2ccccc2C(=O)N=c2sccn2C)c1. The highest BCUT2D eigenvalue weighted by molar-refractivity contribution is 7.07. The van der Waals surface area contributed by atoms with Crippen LogP contribution in [0.1, 0.15) is 26.3 Å². The zero-order valence-corrected chi connectivity index (χ0v) is 14.7. The number of thiazole rings is 1. The summed E-state index contributed by atoms with van der Waals surface area (Å²) in [5.74, 6) is -0.649. The van der Waals surface area contributed by atoms with Crippen LogP contribution in [0.25, 0.3) is 0 Å². The van der Waals surface area contributed by atoms with Gasteiger partial charge in [-0.15, -0.1) is 11.3 Å². The Morgan fingerprint density at radius 3 is 2.64 bits per heavy atom. The van der Waals surface area contributed by atoms with Crippen LogP contribution in [0.4, 0.5) is 5.69 Å². The molecule has 3 aromatic rings. The van der Waals surface area contributed by atoms with E-state index < -0.39 is 5.91 Å². The summed E-state index contributed by atoms with van der Waals surface area (Å²) in [5, 5.41) is 4.66. The molecule has 3 rings (SSSR count). The minimum absolute atomic E-state index is 0.259. The minimum atomic E-state index is -0.391. The second-order valence-electron chi connectivity index (χ2n) is 5.58. The van der Waals surface area contributed by atoms with E-state index in [0.29, 0.717) is 21.6 Å². The first-order valence-corrected chi connectivity index (χ1v) is 8.59. The van der Waals surface area contributed by atoms with Gasteiger partial charge in [0, 0.05) is 24.2 Å². The van der Waals surface area contributed by atoms with Crippen LogP contribution in [0.2, 0.25) is 0 Å². The Morgan fingerprint density at radius 1 is 1.12 bits per heavy atom. The Balaban J connectivity index is 1.90. The number of aromatic nitrogens is 1. The lowest BCUT2D eigenvalue weighted by Gasteiger charge is -2.09. The van der Waals surface area contributed by atoms with Crippen LogP contribution >= 0.6 is 11.3 Å². The maximum absolute atomic E-state index is 12.5. The molecular formula is C19H17N3O2S. The number of aryl methyl sites for hydroxylation is 2. The van der Waals surface area contributed by atoms with Crippen LogP contribution in [-0.2, 0) is 7.05 Å². The number of hydrogen-bond donors (Lipinski definition) is 1. The zero-order valence-electron chi connectivity index (χ0n) is 13.9. The first-order valence-electron chi connectivity index (χ1n) is 7.71. The van der Waals surface area contributed by atoms with E-state index in [9.17, 15) is 9.59 Å². The third-order valence-electron chi connectivity index (χ3n) is 3.64. The number of hydrogen-bond acceptors (Lipinski definition) is 3. The molecule has 0 aliphatic carbocycles. The predicted molar refractivity (Wildman–Crippen MR) is 98.8 cm³/mol. The normalized spacial score (nSPS) is 11.4. The molecule has 6 heteroatoms. The first kappa shape index (κ1) is 16.9. The number of carbonyl (C=O) groups excluding carboxylic acids is 2. The van der Waals surface area contributed by atoms with Gasteiger partial charge in [0.15, 0.2) is 4.80 Å². The summed E-state index contributed by atoms with van der Waals surface area (Å²) in [6, 6.07) is 14.2. The number of nitrogens with one attached hydrogen (secondary N) is 1. The van der Waals surface area contributed by atoms with Crippen molar-refractivity contribution in [2.75, 3.05) is 5.32 Å². The van der Waals surface area contributed by atoms with Gasteiger partial charge in [-0.05, 0) is 31.2 Å². The molecule has 2 amide bonds. The van der Waals surface area contributed by atoms with Crippen LogP contribution < -0.4 is 10.1 Å². The first-order chi connectivity index (χ1) is 12.0. The van der Waals surface area contributed by atoms with Crippen molar-refractivity contribution in [3.63, 3.8) is 0 Å². The fourth-order valence-corrected chi connectivity index (χ4v) is 3.07. The van der Waals surface area contributed by atoms with Crippen molar-refractivity contribution < 1.29 is 9.59 Å². The van der Waals surface area contributed by atoms with Gasteiger partial charge in [0.25, 0.3) is 11.8 Å². The van der Waals surface area contributed by atoms with Crippen molar-refractivity contribution in [2.24, 2.45) is 12.0 Å². The van der Waals surface area contributed by atoms with E-state index in [-0.39, 0.29) is 5.91 Å². The highest BCUT2D eigenvalue weighted by Crippen LogP contribution is 2.17. The van der Waals surface area contributed by atoms with Crippen LogP contribution in [0.3, 0.4) is 0 Å². The van der Waals surface area contributed by atoms with Crippen LogP contribution in [0, 0.1) is 6.92 Å². The van der Waals surface area contributed by atoms with E-state index in [0.717, 1.165) is 5.56 Å². The maximum atomic E-state index is 12.5. The molecule has 0 aliphatic heterocycles. The van der Waals surface area contributed by atoms with Crippen molar-refractivity contribution in [3.8, 4) is 0 Å². The van der Waals surface area contributed by atoms with E-state index in [1.807, 2.05) is 37.7 Å². The van der Waals surface area contributed by atoms with Crippen molar-refractivity contribution in [2.45, 2.75) is 6.92 Å². The minimum Gasteiger partial charge on any atom is -0.327 e. The summed E-state index contributed by atoms with van der Waals surface area (Å²) in [4.78, 5) is 29.7. The fraction of sp³-hybridized carbons (Fsp3) is 0.105. The summed E-state index contributed by atoms with van der Waals surface area (Å²) < 4.78 is 1.77. The quantitative estimate of drug-likeness (QED) is 0.786. The molecule has 1 heterocycles. The third kappa shape index (κ3) is 3.92. The van der Waals surface area contributed by atoms with Gasteiger partial charge in [0.05, 0.1) is 11.3 Å². The molecule has 126 valence electrons. The molecule has 0 bridgehead atoms. The van der Waals surface area contributed by atoms with E-state index in [1.54, 1.807) is 41.0 Å². The van der Waals surface area contributed by atoms with Gasteiger partial charge in [-0.3, -0.25) is 9.59 Å². The second kappa shape index (κ2) is 7.27. The summed E-state index contributed by atoms with van der Waals surface area (Å²) in [6.45, 7) is 1.92. The third-order valence-corrected chi connectivity index (χ3v) is 4.49. The molecule has 0 atom stereocenters. The molecule has 0 unspecified atom stereocenters. The molecule has 1 aromatic heterocycles. The Hall–Kier alpha value is -2.99. The van der Waals surface area contributed by atoms with Gasteiger partial charge in [0.1, 0.15) is 0 Å². The summed E-state index contributed by atoms with van der Waals surface area (Å²) >= 11 is 1.38. The number of nitrogens with zero attached hydrogens (tertiary/aromatic N) is 2. The molecule has 0 saturated heterocycles. The highest BCUT2D eigenvalue weighted by Gasteiger charge is 2.14. The van der Waals surface area contributed by atoms with E-state index >= 15 is 0 Å².